The number of nitrogens with one attached hydrogen (secondary N) is 2. The molecule has 96 valence electrons. The van der Waals surface area contributed by atoms with Gasteiger partial charge in [-0.05, 0) is 23.5 Å². The first-order valence-corrected chi connectivity index (χ1v) is 6.43. The molecule has 4 rings (SSSR count). The van der Waals surface area contributed by atoms with Crippen LogP contribution >= 0.6 is 12.4 Å². The van der Waals surface area contributed by atoms with Crippen LogP contribution in [0.15, 0.2) is 24.3 Å². The van der Waals surface area contributed by atoms with Crippen LogP contribution in [0.1, 0.15) is 17.0 Å². The van der Waals surface area contributed by atoms with Crippen molar-refractivity contribution in [1.29, 1.82) is 0 Å². The summed E-state index contributed by atoms with van der Waals surface area (Å²) in [5.74, 6) is 1.74. The fourth-order valence-corrected chi connectivity index (χ4v) is 3.30. The lowest BCUT2D eigenvalue weighted by molar-refractivity contribution is -0.126. The summed E-state index contributed by atoms with van der Waals surface area (Å²) in [6, 6.07) is 9.07. The highest BCUT2D eigenvalue weighted by Gasteiger charge is 2.56. The van der Waals surface area contributed by atoms with Gasteiger partial charge in [0.25, 0.3) is 0 Å². The van der Waals surface area contributed by atoms with E-state index in [-0.39, 0.29) is 24.2 Å². The lowest BCUT2D eigenvalue weighted by Crippen LogP contribution is -2.51. The summed E-state index contributed by atoms with van der Waals surface area (Å²) < 4.78 is 0. The second-order valence-corrected chi connectivity index (χ2v) is 5.48. The largest absolute Gasteiger partial charge is 0.352 e. The van der Waals surface area contributed by atoms with Gasteiger partial charge in [0, 0.05) is 25.0 Å². The van der Waals surface area contributed by atoms with E-state index in [4.69, 9.17) is 0 Å². The molecule has 1 aliphatic heterocycles. The number of hydrogen-bond acceptors (Lipinski definition) is 2. The molecular weight excluding hydrogens is 248 g/mol. The SMILES string of the molecule is Cl.O=C(NC1C2Cc3ccccc3C21)C1CNC1. The van der Waals surface area contributed by atoms with E-state index in [0.29, 0.717) is 17.9 Å². The molecule has 18 heavy (non-hydrogen) atoms. The Kier molecular flexibility index (Phi) is 2.83. The maximum Gasteiger partial charge on any atom is 0.225 e. The highest BCUT2D eigenvalue weighted by atomic mass is 35.5. The minimum Gasteiger partial charge on any atom is -0.352 e. The van der Waals surface area contributed by atoms with Gasteiger partial charge in [-0.25, -0.2) is 0 Å². The molecule has 3 nitrogen and oxygen atoms in total. The fourth-order valence-electron chi connectivity index (χ4n) is 3.30. The summed E-state index contributed by atoms with van der Waals surface area (Å²) in [6.45, 7) is 1.70. The van der Waals surface area contributed by atoms with Crippen molar-refractivity contribution < 1.29 is 4.79 Å². The molecule has 3 atom stereocenters. The Morgan fingerprint density at radius 2 is 2.06 bits per heavy atom. The van der Waals surface area contributed by atoms with Crippen LogP contribution in [0.2, 0.25) is 0 Å². The second kappa shape index (κ2) is 4.25. The zero-order valence-electron chi connectivity index (χ0n) is 10.1. The maximum atomic E-state index is 11.9. The number of amides is 1. The molecule has 0 aromatic heterocycles. The number of benzene rings is 1. The number of hydrogen-bond donors (Lipinski definition) is 2. The summed E-state index contributed by atoms with van der Waals surface area (Å²) in [5, 5.41) is 6.36. The lowest BCUT2D eigenvalue weighted by Gasteiger charge is -2.26. The van der Waals surface area contributed by atoms with E-state index in [1.54, 1.807) is 0 Å². The number of carbonyl (C=O) groups excluding carboxylic acids is 1. The van der Waals surface area contributed by atoms with Crippen molar-refractivity contribution in [2.24, 2.45) is 11.8 Å². The predicted molar refractivity (Wildman–Crippen MR) is 71.9 cm³/mol. The molecule has 3 aliphatic rings. The molecule has 1 heterocycles. The standard InChI is InChI=1S/C14H16N2O.ClH/c17-14(9-6-15-7-9)16-13-11-5-8-3-1-2-4-10(8)12(11)13;/h1-4,9,11-13,15H,5-7H2,(H,16,17);1H. The first kappa shape index (κ1) is 12.0. The van der Waals surface area contributed by atoms with Gasteiger partial charge in [0.05, 0.1) is 5.92 Å². The fraction of sp³-hybridized carbons (Fsp3) is 0.500. The van der Waals surface area contributed by atoms with E-state index in [1.807, 2.05) is 0 Å². The third-order valence-electron chi connectivity index (χ3n) is 4.50. The van der Waals surface area contributed by atoms with Gasteiger partial charge in [-0.2, -0.15) is 0 Å². The van der Waals surface area contributed by atoms with Crippen molar-refractivity contribution in [1.82, 2.24) is 10.6 Å². The molecule has 1 saturated heterocycles. The molecule has 0 bridgehead atoms. The molecular formula is C14H17ClN2O. The maximum absolute atomic E-state index is 11.9. The van der Waals surface area contributed by atoms with E-state index >= 15 is 0 Å². The van der Waals surface area contributed by atoms with E-state index < -0.39 is 0 Å². The van der Waals surface area contributed by atoms with E-state index in [9.17, 15) is 4.79 Å². The third kappa shape index (κ3) is 1.65. The molecule has 0 spiro atoms. The van der Waals surface area contributed by atoms with Crippen LogP contribution in [-0.4, -0.2) is 25.0 Å². The minimum absolute atomic E-state index is 0. The Labute approximate surface area is 113 Å². The lowest BCUT2D eigenvalue weighted by atomic mass is 10.0. The van der Waals surface area contributed by atoms with Gasteiger partial charge >= 0.3 is 0 Å². The molecule has 1 amide bonds. The highest BCUT2D eigenvalue weighted by molar-refractivity contribution is 5.85. The zero-order chi connectivity index (χ0) is 11.4. The number of rotatable bonds is 2. The van der Waals surface area contributed by atoms with Crippen LogP contribution in [-0.2, 0) is 11.2 Å². The third-order valence-corrected chi connectivity index (χ3v) is 4.50. The summed E-state index contributed by atoms with van der Waals surface area (Å²) >= 11 is 0. The predicted octanol–water partition coefficient (Wildman–Crippen LogP) is 1.08. The van der Waals surface area contributed by atoms with Crippen molar-refractivity contribution in [2.75, 3.05) is 13.1 Å². The molecule has 2 aliphatic carbocycles. The summed E-state index contributed by atoms with van der Waals surface area (Å²) in [6.07, 6.45) is 1.15. The van der Waals surface area contributed by atoms with Crippen LogP contribution in [0.5, 0.6) is 0 Å². The van der Waals surface area contributed by atoms with E-state index in [0.717, 1.165) is 19.5 Å². The van der Waals surface area contributed by atoms with Gasteiger partial charge in [0.1, 0.15) is 0 Å². The molecule has 0 radical (unpaired) electrons. The van der Waals surface area contributed by atoms with Gasteiger partial charge in [-0.15, -0.1) is 12.4 Å². The van der Waals surface area contributed by atoms with Crippen molar-refractivity contribution in [2.45, 2.75) is 18.4 Å². The zero-order valence-corrected chi connectivity index (χ0v) is 10.9. The van der Waals surface area contributed by atoms with Gasteiger partial charge in [-0.3, -0.25) is 4.79 Å². The molecule has 3 unspecified atom stereocenters. The molecule has 2 N–H and O–H groups in total. The Bertz CT molecular complexity index is 486. The quantitative estimate of drug-likeness (QED) is 0.839. The second-order valence-electron chi connectivity index (χ2n) is 5.48. The summed E-state index contributed by atoms with van der Waals surface area (Å²) in [4.78, 5) is 11.9. The van der Waals surface area contributed by atoms with Crippen molar-refractivity contribution in [3.63, 3.8) is 0 Å². The summed E-state index contributed by atoms with van der Waals surface area (Å²) in [5.41, 5.74) is 2.95. The highest BCUT2D eigenvalue weighted by Crippen LogP contribution is 2.56. The van der Waals surface area contributed by atoms with E-state index in [1.165, 1.54) is 11.1 Å². The average Bonchev–Trinajstić information content (AvgIpc) is 2.77. The van der Waals surface area contributed by atoms with Gasteiger partial charge in [0.15, 0.2) is 0 Å². The van der Waals surface area contributed by atoms with Crippen LogP contribution < -0.4 is 10.6 Å². The topological polar surface area (TPSA) is 41.1 Å². The van der Waals surface area contributed by atoms with Crippen LogP contribution in [0.4, 0.5) is 0 Å². The molecule has 1 saturated carbocycles. The monoisotopic (exact) mass is 264 g/mol. The smallest absolute Gasteiger partial charge is 0.225 e. The minimum atomic E-state index is 0. The van der Waals surface area contributed by atoms with E-state index in [2.05, 4.69) is 34.9 Å². The molecule has 4 heteroatoms. The summed E-state index contributed by atoms with van der Waals surface area (Å²) in [7, 11) is 0. The van der Waals surface area contributed by atoms with Crippen molar-refractivity contribution in [3.05, 3.63) is 35.4 Å². The molecule has 2 fully saturated rings. The van der Waals surface area contributed by atoms with Crippen LogP contribution in [0.25, 0.3) is 0 Å². The number of fused-ring (bicyclic) bond motifs is 3. The molecule has 1 aromatic rings. The van der Waals surface area contributed by atoms with Crippen LogP contribution in [0.3, 0.4) is 0 Å². The molecule has 1 aromatic carbocycles. The van der Waals surface area contributed by atoms with Gasteiger partial charge < -0.3 is 10.6 Å². The number of halogens is 1. The Morgan fingerprint density at radius 1 is 1.28 bits per heavy atom. The van der Waals surface area contributed by atoms with Gasteiger partial charge in [0.2, 0.25) is 5.91 Å². The number of carbonyl (C=O) groups is 1. The van der Waals surface area contributed by atoms with Gasteiger partial charge in [-0.1, -0.05) is 24.3 Å². The Balaban J connectivity index is 0.000001000. The average molecular weight is 265 g/mol. The van der Waals surface area contributed by atoms with Crippen LogP contribution in [0, 0.1) is 11.8 Å². The normalized spacial score (nSPS) is 31.7. The van der Waals surface area contributed by atoms with Crippen molar-refractivity contribution in [3.8, 4) is 0 Å². The Hall–Kier alpha value is -1.06. The first-order valence-electron chi connectivity index (χ1n) is 6.43. The van der Waals surface area contributed by atoms with Crippen molar-refractivity contribution >= 4 is 18.3 Å². The Morgan fingerprint density at radius 3 is 2.78 bits per heavy atom. The first-order chi connectivity index (χ1) is 8.34.